The molecule has 15 nitrogen and oxygen atoms in total. The van der Waals surface area contributed by atoms with Gasteiger partial charge in [0, 0.05) is 76.5 Å². The lowest BCUT2D eigenvalue weighted by Crippen LogP contribution is -2.59. The van der Waals surface area contributed by atoms with Crippen molar-refractivity contribution in [3.05, 3.63) is 34.6 Å². The van der Waals surface area contributed by atoms with Crippen molar-refractivity contribution in [1.29, 1.82) is 0 Å². The van der Waals surface area contributed by atoms with Gasteiger partial charge in [0.05, 0.1) is 48.0 Å². The third-order valence-corrected chi connectivity index (χ3v) is 13.0. The second-order valence-corrected chi connectivity index (χ2v) is 18.2. The summed E-state index contributed by atoms with van der Waals surface area (Å²) in [7, 11) is 2.90. The first-order valence-electron chi connectivity index (χ1n) is 21.0. The highest BCUT2D eigenvalue weighted by Gasteiger charge is 2.36. The summed E-state index contributed by atoms with van der Waals surface area (Å²) in [6.45, 7) is 17.5. The van der Waals surface area contributed by atoms with Gasteiger partial charge in [-0.3, -0.25) is 9.80 Å². The maximum atomic E-state index is 12.4. The number of anilines is 4. The number of halogens is 2. The zero-order chi connectivity index (χ0) is 42.4. The lowest BCUT2D eigenvalue weighted by molar-refractivity contribution is -0.159. The lowest BCUT2D eigenvalue weighted by atomic mass is 9.92. The number of ether oxygens (including phenoxy) is 1. The molecule has 0 bridgehead atoms. The van der Waals surface area contributed by atoms with E-state index in [0.29, 0.717) is 28.2 Å². The zero-order valence-corrected chi connectivity index (χ0v) is 38.9. The average Bonchev–Trinajstić information content (AvgIpc) is 3.23. The molecule has 2 atom stereocenters. The Hall–Kier alpha value is -2.19. The number of nitrogens with zero attached hydrogens (tertiary/aromatic N) is 7. The summed E-state index contributed by atoms with van der Waals surface area (Å²) in [5.41, 5.74) is 1.07. The molecule has 4 aliphatic rings. The third kappa shape index (κ3) is 14.2. The quantitative estimate of drug-likeness (QED) is 0.0614. The van der Waals surface area contributed by atoms with Gasteiger partial charge in [0.15, 0.2) is 0 Å². The molecule has 1 amide bonds. The van der Waals surface area contributed by atoms with E-state index in [-0.39, 0.29) is 6.09 Å². The number of hydrogen-bond donors (Lipinski definition) is 2. The van der Waals surface area contributed by atoms with Crippen LogP contribution in [0.2, 0.25) is 10.0 Å². The largest absolute Gasteiger partial charge is 0.444 e. The van der Waals surface area contributed by atoms with E-state index in [4.69, 9.17) is 36.6 Å². The third-order valence-electron chi connectivity index (χ3n) is 11.4. The Bertz CT molecular complexity index is 1590. The molecule has 3 saturated heterocycles. The van der Waals surface area contributed by atoms with Crippen LogP contribution in [0.5, 0.6) is 0 Å². The smallest absolute Gasteiger partial charge is 0.410 e. The van der Waals surface area contributed by atoms with Crippen molar-refractivity contribution >= 4 is 76.8 Å². The predicted molar refractivity (Wildman–Crippen MR) is 241 cm³/mol. The lowest BCUT2D eigenvalue weighted by Gasteiger charge is -2.47. The van der Waals surface area contributed by atoms with Crippen LogP contribution in [0.15, 0.2) is 24.5 Å². The SMILES string of the molecule is CC[C@H]1CN(c2ncc(NSOOC)cc2Cl)CCN1C1CCCCC1.CC[C@H]1CN(c2ncc(NSOOC)cc2Cl)CCN1C1CCN(C(=O)OC(C)(C)C)CC1. The van der Waals surface area contributed by atoms with Crippen molar-refractivity contribution in [2.24, 2.45) is 0 Å². The maximum absolute atomic E-state index is 12.4. The first kappa shape index (κ1) is 47.9. The fourth-order valence-electron chi connectivity index (χ4n) is 8.57. The molecule has 6 rings (SSSR count). The molecule has 0 aromatic carbocycles. The van der Waals surface area contributed by atoms with Crippen molar-refractivity contribution in [2.45, 2.75) is 122 Å². The number of piperidine rings is 1. The van der Waals surface area contributed by atoms with Crippen LogP contribution >= 0.6 is 47.7 Å². The van der Waals surface area contributed by atoms with Crippen molar-refractivity contribution < 1.29 is 28.0 Å². The van der Waals surface area contributed by atoms with Crippen LogP contribution in [0, 0.1) is 0 Å². The molecular weight excluding hydrogens is 838 g/mol. The summed E-state index contributed by atoms with van der Waals surface area (Å²) in [4.78, 5) is 42.5. The molecule has 2 N–H and O–H groups in total. The number of rotatable bonds is 14. The molecule has 2 aromatic heterocycles. The van der Waals surface area contributed by atoms with E-state index in [9.17, 15) is 4.79 Å². The molecule has 1 aliphatic carbocycles. The number of carbonyl (C=O) groups is 1. The van der Waals surface area contributed by atoms with E-state index in [1.165, 1.54) is 46.3 Å². The summed E-state index contributed by atoms with van der Waals surface area (Å²) >= 11 is 15.0. The normalized spacial score (nSPS) is 21.5. The second-order valence-electron chi connectivity index (χ2n) is 16.4. The fraction of sp³-hybridized carbons (Fsp3) is 0.725. The van der Waals surface area contributed by atoms with Crippen molar-refractivity contribution in [2.75, 3.05) is 85.8 Å². The minimum atomic E-state index is -0.461. The Morgan fingerprint density at radius 2 is 1.19 bits per heavy atom. The Morgan fingerprint density at radius 1 is 0.729 bits per heavy atom. The molecule has 4 fully saturated rings. The molecule has 19 heteroatoms. The van der Waals surface area contributed by atoms with Crippen LogP contribution in [-0.4, -0.2) is 127 Å². The van der Waals surface area contributed by atoms with Gasteiger partial charge in [-0.15, -0.1) is 8.67 Å². The van der Waals surface area contributed by atoms with Crippen LogP contribution in [0.1, 0.15) is 92.4 Å². The number of pyridine rings is 2. The Balaban J connectivity index is 0.000000230. The van der Waals surface area contributed by atoms with Gasteiger partial charge in [-0.05, 0) is 71.4 Å². The summed E-state index contributed by atoms with van der Waals surface area (Å²) in [6.07, 6.45) is 14.3. The maximum Gasteiger partial charge on any atom is 0.410 e. The van der Waals surface area contributed by atoms with Gasteiger partial charge in [0.25, 0.3) is 0 Å². The number of likely N-dealkylation sites (tertiary alicyclic amines) is 1. The number of nitrogens with one attached hydrogen (secondary N) is 2. The van der Waals surface area contributed by atoms with Gasteiger partial charge in [-0.1, -0.05) is 56.3 Å². The van der Waals surface area contributed by atoms with Gasteiger partial charge in [-0.2, -0.15) is 0 Å². The number of piperazine rings is 2. The van der Waals surface area contributed by atoms with Gasteiger partial charge < -0.3 is 28.9 Å². The van der Waals surface area contributed by atoms with Gasteiger partial charge >= 0.3 is 6.09 Å². The van der Waals surface area contributed by atoms with Crippen molar-refractivity contribution in [3.8, 4) is 0 Å². The predicted octanol–water partition coefficient (Wildman–Crippen LogP) is 9.11. The Morgan fingerprint density at radius 3 is 1.59 bits per heavy atom. The van der Waals surface area contributed by atoms with E-state index < -0.39 is 5.60 Å². The number of hydrogen-bond acceptors (Lipinski definition) is 16. The number of amides is 1. The minimum absolute atomic E-state index is 0.205. The van der Waals surface area contributed by atoms with Gasteiger partial charge in [0.1, 0.15) is 41.7 Å². The first-order valence-corrected chi connectivity index (χ1v) is 23.2. The molecule has 0 unspecified atom stereocenters. The average molecular weight is 903 g/mol. The topological polar surface area (TPSA) is 129 Å². The first-order chi connectivity index (χ1) is 28.4. The Labute approximate surface area is 370 Å². The van der Waals surface area contributed by atoms with Crippen LogP contribution < -0.4 is 19.2 Å². The molecule has 0 spiro atoms. The monoisotopic (exact) mass is 901 g/mol. The molecule has 5 heterocycles. The highest BCUT2D eigenvalue weighted by molar-refractivity contribution is 7.96. The van der Waals surface area contributed by atoms with E-state index >= 15 is 0 Å². The molecule has 59 heavy (non-hydrogen) atoms. The van der Waals surface area contributed by atoms with E-state index in [0.717, 1.165) is 132 Å². The minimum Gasteiger partial charge on any atom is -0.444 e. The fourth-order valence-corrected chi connectivity index (χ4v) is 9.76. The molecule has 1 saturated carbocycles. The van der Waals surface area contributed by atoms with Crippen LogP contribution in [-0.2, 0) is 23.2 Å². The van der Waals surface area contributed by atoms with Gasteiger partial charge in [-0.25, -0.2) is 24.5 Å². The van der Waals surface area contributed by atoms with Gasteiger partial charge in [0.2, 0.25) is 0 Å². The Kier molecular flexibility index (Phi) is 19.4. The van der Waals surface area contributed by atoms with Crippen LogP contribution in [0.4, 0.5) is 27.8 Å². The van der Waals surface area contributed by atoms with Crippen molar-refractivity contribution in [1.82, 2.24) is 24.7 Å². The van der Waals surface area contributed by atoms with E-state index in [1.807, 2.05) is 37.8 Å². The standard InChI is InChI=1S/C22H36ClN5O4S.C18H29ClN4O2S/c1-6-17-15-27(20-19(23)13-16(14-24-20)25-33-32-30-5)11-12-28(17)18-7-9-26(10-8-18)21(29)31-22(2,3)4;1-3-15-13-22(9-10-23(15)16-7-5-4-6-8-16)18-17(19)11-14(12-20-18)21-26-25-24-2/h13-14,17-18,25H,6-12,15H2,1-5H3;11-12,15-16,21H,3-10,13H2,1-2H3/t17-;15-/m00/s1. The number of carbonyl (C=O) groups excluding carboxylic acids is 1. The highest BCUT2D eigenvalue weighted by atomic mass is 35.5. The molecule has 332 valence electrons. The highest BCUT2D eigenvalue weighted by Crippen LogP contribution is 2.34. The second kappa shape index (κ2) is 23.9. The van der Waals surface area contributed by atoms with Crippen LogP contribution in [0.3, 0.4) is 0 Å². The summed E-state index contributed by atoms with van der Waals surface area (Å²) in [6, 6.07) is 5.96. The zero-order valence-electron chi connectivity index (χ0n) is 35.8. The molecular formula is C40H65Cl2N9O6S2. The van der Waals surface area contributed by atoms with E-state index in [1.54, 1.807) is 12.4 Å². The molecule has 2 aromatic rings. The molecule has 0 radical (unpaired) electrons. The van der Waals surface area contributed by atoms with Crippen LogP contribution in [0.25, 0.3) is 0 Å². The summed E-state index contributed by atoms with van der Waals surface area (Å²) in [5, 5.41) is 1.26. The molecule has 3 aliphatic heterocycles. The van der Waals surface area contributed by atoms with E-state index in [2.05, 4.69) is 62.6 Å². The summed E-state index contributed by atoms with van der Waals surface area (Å²) < 4.78 is 21.0. The summed E-state index contributed by atoms with van der Waals surface area (Å²) in [5.74, 6) is 1.68. The number of aromatic nitrogens is 2. The van der Waals surface area contributed by atoms with Crippen molar-refractivity contribution in [3.63, 3.8) is 0 Å².